The molecule has 1 aromatic carbocycles. The monoisotopic (exact) mass is 408 g/mol. The summed E-state index contributed by atoms with van der Waals surface area (Å²) in [5, 5.41) is 5.00. The average Bonchev–Trinajstić information content (AvgIpc) is 2.97. The van der Waals surface area contributed by atoms with Gasteiger partial charge in [0.2, 0.25) is 0 Å². The molecule has 3 aromatic rings. The summed E-state index contributed by atoms with van der Waals surface area (Å²) < 4.78 is 16.5. The molecule has 0 atom stereocenters. The number of benzene rings is 1. The third kappa shape index (κ3) is 3.76. The summed E-state index contributed by atoms with van der Waals surface area (Å²) in [6, 6.07) is 4.61. The SMILES string of the molecule is CCN(CCC(C)C)c1c(-c2c(F)cccc2Cl)c(Cl)nc2c(C)cnn12. The number of halogens is 3. The Bertz CT molecular complexity index is 948. The van der Waals surface area contributed by atoms with Crippen LogP contribution in [0.15, 0.2) is 24.4 Å². The zero-order chi connectivity index (χ0) is 19.7. The fourth-order valence-corrected chi connectivity index (χ4v) is 3.65. The zero-order valence-corrected chi connectivity index (χ0v) is 17.4. The van der Waals surface area contributed by atoms with Crippen LogP contribution in [0.4, 0.5) is 10.2 Å². The first-order chi connectivity index (χ1) is 12.8. The van der Waals surface area contributed by atoms with Gasteiger partial charge >= 0.3 is 0 Å². The van der Waals surface area contributed by atoms with E-state index in [0.29, 0.717) is 28.0 Å². The van der Waals surface area contributed by atoms with Gasteiger partial charge in [0.1, 0.15) is 16.8 Å². The first kappa shape index (κ1) is 19.9. The largest absolute Gasteiger partial charge is 0.356 e. The second-order valence-electron chi connectivity index (χ2n) is 7.02. The van der Waals surface area contributed by atoms with E-state index in [2.05, 4.69) is 35.8 Å². The molecule has 0 radical (unpaired) electrons. The lowest BCUT2D eigenvalue weighted by molar-refractivity contribution is 0.572. The zero-order valence-electron chi connectivity index (χ0n) is 15.9. The van der Waals surface area contributed by atoms with Gasteiger partial charge in [-0.15, -0.1) is 0 Å². The smallest absolute Gasteiger partial charge is 0.161 e. The number of hydrogen-bond donors (Lipinski definition) is 0. The number of rotatable bonds is 6. The van der Waals surface area contributed by atoms with Crippen LogP contribution < -0.4 is 4.90 Å². The lowest BCUT2D eigenvalue weighted by atomic mass is 10.1. The third-order valence-electron chi connectivity index (χ3n) is 4.63. The molecule has 0 bridgehead atoms. The quantitative estimate of drug-likeness (QED) is 0.467. The Morgan fingerprint density at radius 1 is 1.22 bits per heavy atom. The van der Waals surface area contributed by atoms with E-state index in [1.54, 1.807) is 22.8 Å². The van der Waals surface area contributed by atoms with Crippen molar-refractivity contribution >= 4 is 34.7 Å². The van der Waals surface area contributed by atoms with E-state index < -0.39 is 5.82 Å². The van der Waals surface area contributed by atoms with E-state index in [4.69, 9.17) is 23.2 Å². The van der Waals surface area contributed by atoms with Crippen molar-refractivity contribution in [2.75, 3.05) is 18.0 Å². The van der Waals surface area contributed by atoms with Crippen molar-refractivity contribution in [3.63, 3.8) is 0 Å². The molecule has 0 aliphatic carbocycles. The molecule has 0 saturated carbocycles. The summed E-state index contributed by atoms with van der Waals surface area (Å²) in [6.07, 6.45) is 2.73. The summed E-state index contributed by atoms with van der Waals surface area (Å²) in [6.45, 7) is 9.85. The number of hydrogen-bond acceptors (Lipinski definition) is 3. The molecule has 0 amide bonds. The van der Waals surface area contributed by atoms with Crippen molar-refractivity contribution < 1.29 is 4.39 Å². The van der Waals surface area contributed by atoms with Gasteiger partial charge in [0, 0.05) is 24.2 Å². The van der Waals surface area contributed by atoms with Crippen molar-refractivity contribution in [3.05, 3.63) is 46.0 Å². The molecule has 2 aromatic heterocycles. The van der Waals surface area contributed by atoms with Crippen LogP contribution in [0.25, 0.3) is 16.8 Å². The highest BCUT2D eigenvalue weighted by atomic mass is 35.5. The van der Waals surface area contributed by atoms with Gasteiger partial charge in [-0.2, -0.15) is 9.61 Å². The Balaban J connectivity index is 2.34. The molecule has 0 unspecified atom stereocenters. The Morgan fingerprint density at radius 2 is 1.96 bits per heavy atom. The van der Waals surface area contributed by atoms with E-state index in [9.17, 15) is 4.39 Å². The van der Waals surface area contributed by atoms with Gasteiger partial charge in [-0.1, -0.05) is 43.1 Å². The molecule has 0 spiro atoms. The summed E-state index contributed by atoms with van der Waals surface area (Å²) in [7, 11) is 0. The number of aryl methyl sites for hydroxylation is 1. The summed E-state index contributed by atoms with van der Waals surface area (Å²) in [5.74, 6) is 0.815. The van der Waals surface area contributed by atoms with Gasteiger partial charge < -0.3 is 4.90 Å². The normalized spacial score (nSPS) is 11.6. The van der Waals surface area contributed by atoms with E-state index in [1.165, 1.54) is 6.07 Å². The van der Waals surface area contributed by atoms with Crippen LogP contribution in [0.1, 0.15) is 32.8 Å². The minimum absolute atomic E-state index is 0.219. The van der Waals surface area contributed by atoms with E-state index in [0.717, 1.165) is 25.1 Å². The molecule has 7 heteroatoms. The molecular weight excluding hydrogens is 386 g/mol. The fourth-order valence-electron chi connectivity index (χ4n) is 3.13. The molecule has 0 aliphatic heterocycles. The van der Waals surface area contributed by atoms with Crippen molar-refractivity contribution in [1.29, 1.82) is 0 Å². The number of anilines is 1. The van der Waals surface area contributed by atoms with Crippen molar-refractivity contribution in [2.24, 2.45) is 5.92 Å². The Labute approximate surface area is 168 Å². The van der Waals surface area contributed by atoms with Gasteiger partial charge in [-0.05, 0) is 38.3 Å². The Morgan fingerprint density at radius 3 is 2.59 bits per heavy atom. The van der Waals surface area contributed by atoms with E-state index in [1.807, 2.05) is 6.92 Å². The highest BCUT2D eigenvalue weighted by molar-refractivity contribution is 6.36. The number of fused-ring (bicyclic) bond motifs is 1. The molecular formula is C20H23Cl2FN4. The molecule has 0 fully saturated rings. The fraction of sp³-hybridized carbons (Fsp3) is 0.400. The average molecular weight is 409 g/mol. The third-order valence-corrected chi connectivity index (χ3v) is 5.21. The molecule has 4 nitrogen and oxygen atoms in total. The second kappa shape index (κ2) is 8.03. The van der Waals surface area contributed by atoms with Gasteiger partial charge in [0.15, 0.2) is 5.65 Å². The van der Waals surface area contributed by atoms with Gasteiger partial charge in [0.25, 0.3) is 0 Å². The maximum atomic E-state index is 14.8. The highest BCUT2D eigenvalue weighted by Crippen LogP contribution is 2.41. The minimum atomic E-state index is -0.435. The second-order valence-corrected chi connectivity index (χ2v) is 7.79. The van der Waals surface area contributed by atoms with Gasteiger partial charge in [-0.25, -0.2) is 9.37 Å². The van der Waals surface area contributed by atoms with Crippen LogP contribution >= 0.6 is 23.2 Å². The van der Waals surface area contributed by atoms with Crippen molar-refractivity contribution in [3.8, 4) is 11.1 Å². The van der Waals surface area contributed by atoms with Crippen LogP contribution in [0.3, 0.4) is 0 Å². The first-order valence-corrected chi connectivity index (χ1v) is 9.83. The molecule has 2 heterocycles. The predicted octanol–water partition coefficient (Wildman–Crippen LogP) is 6.02. The highest BCUT2D eigenvalue weighted by Gasteiger charge is 2.25. The topological polar surface area (TPSA) is 33.4 Å². The van der Waals surface area contributed by atoms with Crippen molar-refractivity contribution in [1.82, 2.24) is 14.6 Å². The van der Waals surface area contributed by atoms with E-state index in [-0.39, 0.29) is 10.7 Å². The first-order valence-electron chi connectivity index (χ1n) is 9.08. The standard InChI is InChI=1S/C20H23Cl2FN4/c1-5-26(10-9-12(2)3)20-17(16-14(21)7-6-8-15(16)23)18(22)25-19-13(4)11-24-27(19)20/h6-8,11-12H,5,9-10H2,1-4H3. The maximum absolute atomic E-state index is 14.8. The van der Waals surface area contributed by atoms with Crippen LogP contribution in [0.2, 0.25) is 10.2 Å². The van der Waals surface area contributed by atoms with Crippen LogP contribution in [0, 0.1) is 18.7 Å². The van der Waals surface area contributed by atoms with Crippen LogP contribution in [-0.4, -0.2) is 27.7 Å². The lowest BCUT2D eigenvalue weighted by Gasteiger charge is -2.27. The summed E-state index contributed by atoms with van der Waals surface area (Å²) in [5.41, 5.74) is 2.30. The Hall–Kier alpha value is -1.85. The predicted molar refractivity (Wildman–Crippen MR) is 110 cm³/mol. The number of nitrogens with zero attached hydrogens (tertiary/aromatic N) is 4. The van der Waals surface area contributed by atoms with Gasteiger partial charge in [-0.3, -0.25) is 0 Å². The van der Waals surface area contributed by atoms with E-state index >= 15 is 0 Å². The minimum Gasteiger partial charge on any atom is -0.356 e. The molecule has 144 valence electrons. The molecule has 27 heavy (non-hydrogen) atoms. The van der Waals surface area contributed by atoms with Gasteiger partial charge in [0.05, 0.1) is 16.8 Å². The maximum Gasteiger partial charge on any atom is 0.161 e. The molecule has 0 N–H and O–H groups in total. The molecule has 3 rings (SSSR count). The summed E-state index contributed by atoms with van der Waals surface area (Å²) >= 11 is 12.9. The lowest BCUT2D eigenvalue weighted by Crippen LogP contribution is -2.28. The van der Waals surface area contributed by atoms with Crippen molar-refractivity contribution in [2.45, 2.75) is 34.1 Å². The molecule has 0 aliphatic rings. The number of aromatic nitrogens is 3. The Kier molecular flexibility index (Phi) is 5.92. The van der Waals surface area contributed by atoms with Crippen LogP contribution in [-0.2, 0) is 0 Å². The molecule has 0 saturated heterocycles. The summed E-state index contributed by atoms with van der Waals surface area (Å²) in [4.78, 5) is 6.64. The van der Waals surface area contributed by atoms with Crippen LogP contribution in [0.5, 0.6) is 0 Å².